The van der Waals surface area contributed by atoms with E-state index in [1.54, 1.807) is 0 Å². The van der Waals surface area contributed by atoms with Gasteiger partial charge in [0, 0.05) is 0 Å². The van der Waals surface area contributed by atoms with Gasteiger partial charge >= 0.3 is 0 Å². The first-order valence-corrected chi connectivity index (χ1v) is 12.3. The Hall–Kier alpha value is -2.07. The molecule has 0 amide bonds. The largest absolute Gasteiger partial charge is 0.197 e. The van der Waals surface area contributed by atoms with Gasteiger partial charge in [-0.1, -0.05) is 107 Å². The number of benzene rings is 2. The number of aryl methyl sites for hydroxylation is 1. The van der Waals surface area contributed by atoms with Gasteiger partial charge < -0.3 is 0 Å². The van der Waals surface area contributed by atoms with Gasteiger partial charge in [-0.15, -0.1) is 0 Å². The van der Waals surface area contributed by atoms with Crippen molar-refractivity contribution in [3.8, 4) is 17.2 Å². The van der Waals surface area contributed by atoms with E-state index in [-0.39, 0.29) is 5.41 Å². The molecule has 0 aromatic heterocycles. The summed E-state index contributed by atoms with van der Waals surface area (Å²) in [6.45, 7) is 4.50. The molecular weight excluding hydrogens is 362 g/mol. The summed E-state index contributed by atoms with van der Waals surface area (Å²) in [5.74, 6) is 0.828. The third-order valence-electron chi connectivity index (χ3n) is 7.15. The zero-order chi connectivity index (χ0) is 21.2. The van der Waals surface area contributed by atoms with Crippen LogP contribution in [0.15, 0.2) is 48.5 Å². The van der Waals surface area contributed by atoms with Crippen LogP contribution in [0.4, 0.5) is 0 Å². The molecule has 0 unspecified atom stereocenters. The van der Waals surface area contributed by atoms with Gasteiger partial charge in [0.25, 0.3) is 0 Å². The lowest BCUT2D eigenvalue weighted by atomic mass is 9.66. The average Bonchev–Trinajstić information content (AvgIpc) is 2.80. The van der Waals surface area contributed by atoms with Crippen LogP contribution in [0.25, 0.3) is 11.1 Å². The monoisotopic (exact) mass is 401 g/mol. The maximum Gasteiger partial charge on any atom is 0.0822 e. The van der Waals surface area contributed by atoms with Crippen molar-refractivity contribution in [2.45, 2.75) is 96.3 Å². The van der Waals surface area contributed by atoms with Gasteiger partial charge in [-0.3, -0.25) is 0 Å². The Morgan fingerprint density at radius 3 is 1.97 bits per heavy atom. The molecule has 0 N–H and O–H groups in total. The van der Waals surface area contributed by atoms with Crippen molar-refractivity contribution in [2.24, 2.45) is 5.92 Å². The molecule has 1 heteroatoms. The summed E-state index contributed by atoms with van der Waals surface area (Å²) in [7, 11) is 0. The predicted molar refractivity (Wildman–Crippen MR) is 128 cm³/mol. The van der Waals surface area contributed by atoms with Crippen molar-refractivity contribution < 1.29 is 0 Å². The van der Waals surface area contributed by atoms with Crippen LogP contribution < -0.4 is 0 Å². The summed E-state index contributed by atoms with van der Waals surface area (Å²) in [6.07, 6.45) is 15.0. The molecule has 0 bridgehead atoms. The van der Waals surface area contributed by atoms with Crippen LogP contribution in [-0.2, 0) is 11.8 Å². The summed E-state index contributed by atoms with van der Waals surface area (Å²) in [4.78, 5) is 0. The summed E-state index contributed by atoms with van der Waals surface area (Å²) in [5, 5.41) is 10.1. The molecule has 1 saturated carbocycles. The normalized spacial score (nSPS) is 21.3. The highest BCUT2D eigenvalue weighted by molar-refractivity contribution is 5.64. The smallest absolute Gasteiger partial charge is 0.0822 e. The molecule has 0 spiro atoms. The highest BCUT2D eigenvalue weighted by atomic mass is 14.4. The van der Waals surface area contributed by atoms with E-state index >= 15 is 0 Å². The minimum atomic E-state index is -0.276. The molecule has 0 heterocycles. The molecule has 3 rings (SSSR count). The van der Waals surface area contributed by atoms with Gasteiger partial charge in [0.1, 0.15) is 0 Å². The first-order chi connectivity index (χ1) is 14.7. The Kier molecular flexibility index (Phi) is 8.56. The second kappa shape index (κ2) is 11.4. The molecule has 0 saturated heterocycles. The second-order valence-electron chi connectivity index (χ2n) is 9.36. The van der Waals surface area contributed by atoms with E-state index in [2.05, 4.69) is 68.4 Å². The summed E-state index contributed by atoms with van der Waals surface area (Å²) in [5.41, 5.74) is 4.86. The highest BCUT2D eigenvalue weighted by Crippen LogP contribution is 2.43. The summed E-state index contributed by atoms with van der Waals surface area (Å²) < 4.78 is 0. The Bertz CT molecular complexity index is 786. The van der Waals surface area contributed by atoms with Gasteiger partial charge in [0.05, 0.1) is 11.5 Å². The third kappa shape index (κ3) is 5.75. The Balaban J connectivity index is 1.58. The maximum atomic E-state index is 10.1. The fourth-order valence-corrected chi connectivity index (χ4v) is 5.09. The van der Waals surface area contributed by atoms with E-state index in [1.807, 2.05) is 0 Å². The number of nitrogens with zero attached hydrogens (tertiary/aromatic N) is 1. The predicted octanol–water partition coefficient (Wildman–Crippen LogP) is 8.62. The third-order valence-corrected chi connectivity index (χ3v) is 7.15. The van der Waals surface area contributed by atoms with Crippen LogP contribution >= 0.6 is 0 Å². The van der Waals surface area contributed by atoms with Crippen molar-refractivity contribution in [3.05, 3.63) is 59.7 Å². The number of hydrogen-bond donors (Lipinski definition) is 0. The lowest BCUT2D eigenvalue weighted by Crippen LogP contribution is -2.30. The number of nitriles is 1. The molecule has 30 heavy (non-hydrogen) atoms. The quantitative estimate of drug-likeness (QED) is 0.365. The zero-order valence-corrected chi connectivity index (χ0v) is 19.1. The van der Waals surface area contributed by atoms with Crippen molar-refractivity contribution in [3.63, 3.8) is 0 Å². The van der Waals surface area contributed by atoms with E-state index in [0.717, 1.165) is 25.2 Å². The minimum absolute atomic E-state index is 0.276. The van der Waals surface area contributed by atoms with Gasteiger partial charge in [-0.2, -0.15) is 5.26 Å². The Morgan fingerprint density at radius 2 is 1.40 bits per heavy atom. The Labute approximate surface area is 184 Å². The van der Waals surface area contributed by atoms with E-state index in [1.165, 1.54) is 80.0 Å². The fraction of sp³-hybridized carbons (Fsp3) is 0.552. The van der Waals surface area contributed by atoms with E-state index in [9.17, 15) is 5.26 Å². The van der Waals surface area contributed by atoms with Crippen LogP contribution in [0.2, 0.25) is 0 Å². The summed E-state index contributed by atoms with van der Waals surface area (Å²) in [6, 6.07) is 20.5. The standard InChI is InChI=1S/C29H39N/c1-3-5-6-7-8-10-25-19-21-29(23-30,22-20-25)28-17-15-27(16-18-28)26-13-11-24(9-4-2)12-14-26/h11-18,25H,3-10,19-22H2,1-2H3. The SMILES string of the molecule is CCCCCCCC1CCC(C#N)(c2ccc(-c3ccc(CCC)cc3)cc2)CC1. The lowest BCUT2D eigenvalue weighted by molar-refractivity contribution is 0.261. The number of unbranched alkanes of at least 4 members (excludes halogenated alkanes) is 4. The number of rotatable bonds is 10. The van der Waals surface area contributed by atoms with Gasteiger partial charge in [-0.05, 0) is 60.3 Å². The topological polar surface area (TPSA) is 23.8 Å². The van der Waals surface area contributed by atoms with Crippen LogP contribution in [0.1, 0.15) is 95.6 Å². The number of hydrogen-bond acceptors (Lipinski definition) is 1. The van der Waals surface area contributed by atoms with Gasteiger partial charge in [0.2, 0.25) is 0 Å². The van der Waals surface area contributed by atoms with Crippen LogP contribution in [0.5, 0.6) is 0 Å². The van der Waals surface area contributed by atoms with E-state index < -0.39 is 0 Å². The molecule has 2 aromatic carbocycles. The zero-order valence-electron chi connectivity index (χ0n) is 19.1. The minimum Gasteiger partial charge on any atom is -0.197 e. The molecule has 1 aliphatic rings. The molecule has 160 valence electrons. The highest BCUT2D eigenvalue weighted by Gasteiger charge is 2.36. The van der Waals surface area contributed by atoms with Gasteiger partial charge in [-0.25, -0.2) is 0 Å². The molecular formula is C29H39N. The van der Waals surface area contributed by atoms with Crippen molar-refractivity contribution in [1.29, 1.82) is 5.26 Å². The first kappa shape index (κ1) is 22.6. The average molecular weight is 402 g/mol. The van der Waals surface area contributed by atoms with Crippen molar-refractivity contribution in [2.75, 3.05) is 0 Å². The van der Waals surface area contributed by atoms with Crippen molar-refractivity contribution >= 4 is 0 Å². The second-order valence-corrected chi connectivity index (χ2v) is 9.36. The first-order valence-electron chi connectivity index (χ1n) is 12.3. The van der Waals surface area contributed by atoms with Gasteiger partial charge in [0.15, 0.2) is 0 Å². The van der Waals surface area contributed by atoms with Crippen molar-refractivity contribution in [1.82, 2.24) is 0 Å². The maximum absolute atomic E-state index is 10.1. The van der Waals surface area contributed by atoms with Crippen LogP contribution in [-0.4, -0.2) is 0 Å². The lowest BCUT2D eigenvalue weighted by Gasteiger charge is -2.35. The summed E-state index contributed by atoms with van der Waals surface area (Å²) >= 11 is 0. The van der Waals surface area contributed by atoms with Crippen LogP contribution in [0, 0.1) is 17.2 Å². The molecule has 2 aromatic rings. The Morgan fingerprint density at radius 1 is 0.800 bits per heavy atom. The molecule has 0 atom stereocenters. The molecule has 1 fully saturated rings. The van der Waals surface area contributed by atoms with E-state index in [0.29, 0.717) is 0 Å². The van der Waals surface area contributed by atoms with E-state index in [4.69, 9.17) is 0 Å². The molecule has 1 aliphatic carbocycles. The van der Waals surface area contributed by atoms with Crippen LogP contribution in [0.3, 0.4) is 0 Å². The molecule has 0 radical (unpaired) electrons. The molecule has 0 aliphatic heterocycles. The molecule has 1 nitrogen and oxygen atoms in total. The fourth-order valence-electron chi connectivity index (χ4n) is 5.09.